The van der Waals surface area contributed by atoms with Gasteiger partial charge >= 0.3 is 0 Å². The molecule has 1 aromatic rings. The molecule has 2 unspecified atom stereocenters. The Morgan fingerprint density at radius 2 is 1.95 bits per heavy atom. The molecule has 1 nitrogen and oxygen atoms in total. The molecule has 2 atom stereocenters. The van der Waals surface area contributed by atoms with E-state index in [0.29, 0.717) is 6.04 Å². The summed E-state index contributed by atoms with van der Waals surface area (Å²) in [7, 11) is 0. The monoisotopic (exact) mass is 295 g/mol. The normalized spacial score (nSPS) is 25.2. The van der Waals surface area contributed by atoms with Gasteiger partial charge in [-0.1, -0.05) is 30.2 Å². The highest BCUT2D eigenvalue weighted by Crippen LogP contribution is 2.41. The maximum Gasteiger partial charge on any atom is 0.0406 e. The van der Waals surface area contributed by atoms with Crippen LogP contribution < -0.4 is 5.32 Å². The second-order valence-corrected chi connectivity index (χ2v) is 7.61. The lowest BCUT2D eigenvalue weighted by Gasteiger charge is -2.25. The fourth-order valence-corrected chi connectivity index (χ4v) is 4.26. The Hall–Kier alpha value is -0.180. The van der Waals surface area contributed by atoms with Crippen molar-refractivity contribution < 1.29 is 0 Å². The molecule has 0 bridgehead atoms. The lowest BCUT2D eigenvalue weighted by atomic mass is 10.0. The van der Waals surface area contributed by atoms with E-state index >= 15 is 0 Å². The molecule has 0 radical (unpaired) electrons. The molecule has 0 spiro atoms. The number of rotatable bonds is 5. The van der Waals surface area contributed by atoms with Gasteiger partial charge in [0.05, 0.1) is 0 Å². The Kier molecular flexibility index (Phi) is 4.73. The minimum absolute atomic E-state index is 0.541. The maximum atomic E-state index is 5.99. The van der Waals surface area contributed by atoms with Crippen LogP contribution in [-0.4, -0.2) is 17.5 Å². The number of nitrogens with one attached hydrogen (secondary N) is 1. The van der Waals surface area contributed by atoms with Crippen LogP contribution in [0.1, 0.15) is 43.7 Å². The Morgan fingerprint density at radius 3 is 2.58 bits per heavy atom. The standard InChI is InChI=1S/C16H22ClNS/c17-14-8-6-13(7-9-14)16(12-4-5-12)18-11-15-3-1-2-10-19-15/h6-9,12,15-16,18H,1-5,10-11H2. The molecule has 1 N–H and O–H groups in total. The molecule has 1 aliphatic carbocycles. The van der Waals surface area contributed by atoms with E-state index in [1.54, 1.807) is 0 Å². The topological polar surface area (TPSA) is 12.0 Å². The third kappa shape index (κ3) is 3.90. The molecule has 104 valence electrons. The van der Waals surface area contributed by atoms with E-state index in [-0.39, 0.29) is 0 Å². The van der Waals surface area contributed by atoms with E-state index in [4.69, 9.17) is 11.6 Å². The van der Waals surface area contributed by atoms with Crippen LogP contribution in [0.5, 0.6) is 0 Å². The van der Waals surface area contributed by atoms with E-state index in [2.05, 4.69) is 29.2 Å². The van der Waals surface area contributed by atoms with Crippen molar-refractivity contribution >= 4 is 23.4 Å². The molecule has 0 aromatic heterocycles. The molecule has 3 heteroatoms. The molecule has 2 aliphatic rings. The van der Waals surface area contributed by atoms with Gasteiger partial charge < -0.3 is 5.32 Å². The molecule has 1 aliphatic heterocycles. The fraction of sp³-hybridized carbons (Fsp3) is 0.625. The highest BCUT2D eigenvalue weighted by atomic mass is 35.5. The summed E-state index contributed by atoms with van der Waals surface area (Å²) in [5.74, 6) is 2.19. The van der Waals surface area contributed by atoms with Crippen molar-refractivity contribution in [1.29, 1.82) is 0 Å². The van der Waals surface area contributed by atoms with Crippen LogP contribution in [-0.2, 0) is 0 Å². The Morgan fingerprint density at radius 1 is 1.16 bits per heavy atom. The maximum absolute atomic E-state index is 5.99. The summed E-state index contributed by atoms with van der Waals surface area (Å²) in [6, 6.07) is 8.95. The molecule has 1 heterocycles. The third-order valence-corrected chi connectivity index (χ3v) is 5.81. The van der Waals surface area contributed by atoms with Gasteiger partial charge in [0.15, 0.2) is 0 Å². The summed E-state index contributed by atoms with van der Waals surface area (Å²) < 4.78 is 0. The van der Waals surface area contributed by atoms with Crippen LogP contribution in [0.25, 0.3) is 0 Å². The van der Waals surface area contributed by atoms with Crippen molar-refractivity contribution in [2.24, 2.45) is 5.92 Å². The highest BCUT2D eigenvalue weighted by Gasteiger charge is 2.32. The number of halogens is 1. The van der Waals surface area contributed by atoms with Crippen molar-refractivity contribution in [2.75, 3.05) is 12.3 Å². The minimum atomic E-state index is 0.541. The number of hydrogen-bond donors (Lipinski definition) is 1. The Bertz CT molecular complexity index is 396. The molecule has 0 amide bonds. The van der Waals surface area contributed by atoms with Gasteiger partial charge in [0, 0.05) is 22.9 Å². The van der Waals surface area contributed by atoms with E-state index in [9.17, 15) is 0 Å². The Labute approximate surface area is 125 Å². The van der Waals surface area contributed by atoms with E-state index < -0.39 is 0 Å². The van der Waals surface area contributed by atoms with Gasteiger partial charge in [0.25, 0.3) is 0 Å². The SMILES string of the molecule is Clc1ccc(C(NCC2CCCCS2)C2CC2)cc1. The van der Waals surface area contributed by atoms with E-state index in [0.717, 1.165) is 22.7 Å². The quantitative estimate of drug-likeness (QED) is 0.847. The van der Waals surface area contributed by atoms with Gasteiger partial charge in [0.2, 0.25) is 0 Å². The molecule has 3 rings (SSSR count). The van der Waals surface area contributed by atoms with Gasteiger partial charge in [0.1, 0.15) is 0 Å². The third-order valence-electron chi connectivity index (χ3n) is 4.16. The van der Waals surface area contributed by atoms with Gasteiger partial charge in [-0.25, -0.2) is 0 Å². The fourth-order valence-electron chi connectivity index (χ4n) is 2.88. The first-order chi connectivity index (χ1) is 9.33. The van der Waals surface area contributed by atoms with Crippen molar-refractivity contribution in [3.63, 3.8) is 0 Å². The van der Waals surface area contributed by atoms with Crippen LogP contribution in [0.3, 0.4) is 0 Å². The number of hydrogen-bond acceptors (Lipinski definition) is 2. The predicted octanol–water partition coefficient (Wildman–Crippen LogP) is 4.67. The predicted molar refractivity (Wildman–Crippen MR) is 85.0 cm³/mol. The van der Waals surface area contributed by atoms with Crippen molar-refractivity contribution in [3.8, 4) is 0 Å². The summed E-state index contributed by atoms with van der Waals surface area (Å²) in [6.45, 7) is 1.16. The average molecular weight is 296 g/mol. The van der Waals surface area contributed by atoms with Gasteiger partial charge in [-0.05, 0) is 55.1 Å². The lowest BCUT2D eigenvalue weighted by Crippen LogP contribution is -2.31. The van der Waals surface area contributed by atoms with Crippen LogP contribution >= 0.6 is 23.4 Å². The smallest absolute Gasteiger partial charge is 0.0406 e. The average Bonchev–Trinajstić information content (AvgIpc) is 3.27. The van der Waals surface area contributed by atoms with Crippen LogP contribution in [0.2, 0.25) is 5.02 Å². The zero-order valence-corrected chi connectivity index (χ0v) is 12.8. The number of thioether (sulfide) groups is 1. The van der Waals surface area contributed by atoms with Gasteiger partial charge in [-0.2, -0.15) is 11.8 Å². The minimum Gasteiger partial charge on any atom is -0.309 e. The lowest BCUT2D eigenvalue weighted by molar-refractivity contribution is 0.468. The van der Waals surface area contributed by atoms with Crippen molar-refractivity contribution in [2.45, 2.75) is 43.4 Å². The summed E-state index contributed by atoms with van der Waals surface area (Å²) in [5, 5.41) is 5.48. The van der Waals surface area contributed by atoms with E-state index in [1.807, 2.05) is 12.1 Å². The van der Waals surface area contributed by atoms with Gasteiger partial charge in [-0.15, -0.1) is 0 Å². The zero-order chi connectivity index (χ0) is 13.1. The Balaban J connectivity index is 1.59. The summed E-state index contributed by atoms with van der Waals surface area (Å²) in [6.07, 6.45) is 6.95. The molecule has 1 saturated heterocycles. The molecule has 1 saturated carbocycles. The largest absolute Gasteiger partial charge is 0.309 e. The van der Waals surface area contributed by atoms with Crippen LogP contribution in [0.4, 0.5) is 0 Å². The zero-order valence-electron chi connectivity index (χ0n) is 11.3. The second kappa shape index (κ2) is 6.51. The first-order valence-electron chi connectivity index (χ1n) is 7.43. The summed E-state index contributed by atoms with van der Waals surface area (Å²) in [4.78, 5) is 0. The summed E-state index contributed by atoms with van der Waals surface area (Å²) in [5.41, 5.74) is 1.41. The van der Waals surface area contributed by atoms with Crippen LogP contribution in [0.15, 0.2) is 24.3 Å². The van der Waals surface area contributed by atoms with Crippen molar-refractivity contribution in [1.82, 2.24) is 5.32 Å². The van der Waals surface area contributed by atoms with E-state index in [1.165, 1.54) is 43.4 Å². The molecule has 2 fully saturated rings. The van der Waals surface area contributed by atoms with Gasteiger partial charge in [-0.3, -0.25) is 0 Å². The first kappa shape index (κ1) is 13.8. The molecular weight excluding hydrogens is 274 g/mol. The molecular formula is C16H22ClNS. The molecule has 1 aromatic carbocycles. The number of benzene rings is 1. The summed E-state index contributed by atoms with van der Waals surface area (Å²) >= 11 is 8.14. The highest BCUT2D eigenvalue weighted by molar-refractivity contribution is 7.99. The second-order valence-electron chi connectivity index (χ2n) is 5.76. The van der Waals surface area contributed by atoms with Crippen molar-refractivity contribution in [3.05, 3.63) is 34.9 Å². The molecule has 19 heavy (non-hydrogen) atoms. The van der Waals surface area contributed by atoms with Crippen LogP contribution in [0, 0.1) is 5.92 Å². The first-order valence-corrected chi connectivity index (χ1v) is 8.86.